The third kappa shape index (κ3) is 4.00. The molecule has 1 aliphatic heterocycles. The maximum atomic E-state index is 12.2. The van der Waals surface area contributed by atoms with Gasteiger partial charge < -0.3 is 14.9 Å². The maximum absolute atomic E-state index is 12.2. The Hall–Kier alpha value is -1.91. The number of allylic oxidation sites excluding steroid dienone is 7. The van der Waals surface area contributed by atoms with Gasteiger partial charge in [0, 0.05) is 12.0 Å². The molecule has 1 heterocycles. The van der Waals surface area contributed by atoms with E-state index in [2.05, 4.69) is 52.8 Å². The van der Waals surface area contributed by atoms with Crippen LogP contribution in [-0.2, 0) is 9.53 Å². The lowest BCUT2D eigenvalue weighted by molar-refractivity contribution is -0.131. The first kappa shape index (κ1) is 22.8. The van der Waals surface area contributed by atoms with E-state index in [1.807, 2.05) is 12.2 Å². The molecule has 0 bridgehead atoms. The SMILES string of the molecule is CC[C@@H](C)[C@H]1O[C@]1(C)[C@]1(O)C(C)=C[C@@H]2CC(C)=CC[C@H]2[C@@H]1/C=C/C=C/C=C/C(=O)O. The van der Waals surface area contributed by atoms with Gasteiger partial charge in [0.05, 0.1) is 6.10 Å². The van der Waals surface area contributed by atoms with Crippen LogP contribution in [0.2, 0.25) is 0 Å². The number of epoxide rings is 1. The van der Waals surface area contributed by atoms with E-state index in [0.717, 1.165) is 30.9 Å². The minimum atomic E-state index is -1.05. The summed E-state index contributed by atoms with van der Waals surface area (Å²) in [6.45, 7) is 10.7. The Labute approximate surface area is 180 Å². The summed E-state index contributed by atoms with van der Waals surface area (Å²) in [5.41, 5.74) is 0.782. The van der Waals surface area contributed by atoms with Crippen LogP contribution in [0.15, 0.2) is 59.8 Å². The van der Waals surface area contributed by atoms with E-state index in [0.29, 0.717) is 17.8 Å². The highest BCUT2D eigenvalue weighted by Crippen LogP contribution is 2.60. The van der Waals surface area contributed by atoms with Gasteiger partial charge in [-0.05, 0) is 56.9 Å². The van der Waals surface area contributed by atoms with Gasteiger partial charge in [0.2, 0.25) is 0 Å². The number of fused-ring (bicyclic) bond motifs is 1. The second-order valence-electron chi connectivity index (χ2n) is 9.46. The van der Waals surface area contributed by atoms with E-state index >= 15 is 0 Å². The summed E-state index contributed by atoms with van der Waals surface area (Å²) < 4.78 is 6.24. The fourth-order valence-corrected chi connectivity index (χ4v) is 5.60. The number of ether oxygens (including phenoxy) is 1. The third-order valence-electron chi connectivity index (χ3n) is 7.52. The van der Waals surface area contributed by atoms with E-state index in [9.17, 15) is 9.90 Å². The molecule has 0 spiro atoms. The minimum Gasteiger partial charge on any atom is -0.478 e. The van der Waals surface area contributed by atoms with E-state index in [1.165, 1.54) is 11.6 Å². The normalized spacial score (nSPS) is 39.8. The second-order valence-corrected chi connectivity index (χ2v) is 9.46. The zero-order valence-corrected chi connectivity index (χ0v) is 18.8. The summed E-state index contributed by atoms with van der Waals surface area (Å²) in [4.78, 5) is 10.6. The Morgan fingerprint density at radius 2 is 2.00 bits per heavy atom. The van der Waals surface area contributed by atoms with Crippen molar-refractivity contribution in [2.24, 2.45) is 23.7 Å². The maximum Gasteiger partial charge on any atom is 0.328 e. The van der Waals surface area contributed by atoms with Crippen LogP contribution in [-0.4, -0.2) is 33.5 Å². The Bertz CT molecular complexity index is 817. The van der Waals surface area contributed by atoms with Crippen LogP contribution >= 0.6 is 0 Å². The summed E-state index contributed by atoms with van der Waals surface area (Å²) >= 11 is 0. The highest BCUT2D eigenvalue weighted by atomic mass is 16.6. The molecule has 4 heteroatoms. The number of aliphatic carboxylic acids is 1. The molecule has 0 saturated carbocycles. The van der Waals surface area contributed by atoms with Gasteiger partial charge in [-0.15, -0.1) is 0 Å². The quantitative estimate of drug-likeness (QED) is 0.260. The first-order valence-corrected chi connectivity index (χ1v) is 11.1. The topological polar surface area (TPSA) is 70.1 Å². The van der Waals surface area contributed by atoms with Crippen molar-refractivity contribution in [2.45, 2.75) is 71.2 Å². The highest BCUT2D eigenvalue weighted by Gasteiger charge is 2.70. The molecule has 0 radical (unpaired) electrons. The average Bonchev–Trinajstić information content (AvgIpc) is 3.39. The summed E-state index contributed by atoms with van der Waals surface area (Å²) in [5, 5.41) is 20.9. The van der Waals surface area contributed by atoms with Gasteiger partial charge in [0.1, 0.15) is 11.2 Å². The molecule has 2 aliphatic carbocycles. The van der Waals surface area contributed by atoms with Gasteiger partial charge in [-0.1, -0.05) is 68.4 Å². The van der Waals surface area contributed by atoms with Crippen LogP contribution in [0.5, 0.6) is 0 Å². The first-order valence-electron chi connectivity index (χ1n) is 11.1. The van der Waals surface area contributed by atoms with E-state index in [1.54, 1.807) is 6.08 Å². The van der Waals surface area contributed by atoms with Crippen LogP contribution < -0.4 is 0 Å². The van der Waals surface area contributed by atoms with E-state index in [-0.39, 0.29) is 12.0 Å². The van der Waals surface area contributed by atoms with Crippen molar-refractivity contribution in [1.29, 1.82) is 0 Å². The van der Waals surface area contributed by atoms with Crippen molar-refractivity contribution in [3.63, 3.8) is 0 Å². The van der Waals surface area contributed by atoms with Crippen molar-refractivity contribution < 1.29 is 19.7 Å². The molecule has 30 heavy (non-hydrogen) atoms. The van der Waals surface area contributed by atoms with Gasteiger partial charge in [0.25, 0.3) is 0 Å². The van der Waals surface area contributed by atoms with Crippen LogP contribution in [0.1, 0.15) is 53.9 Å². The van der Waals surface area contributed by atoms with E-state index < -0.39 is 17.2 Å². The number of hydrogen-bond acceptors (Lipinski definition) is 3. The molecule has 0 aromatic carbocycles. The number of carboxylic acid groups (broad SMARTS) is 1. The molecule has 0 amide bonds. The van der Waals surface area contributed by atoms with Gasteiger partial charge in [-0.3, -0.25) is 0 Å². The number of hydrogen-bond donors (Lipinski definition) is 2. The molecule has 2 N–H and O–H groups in total. The Balaban J connectivity index is 1.95. The molecule has 1 fully saturated rings. The summed E-state index contributed by atoms with van der Waals surface area (Å²) in [5.74, 6) is 0.103. The Morgan fingerprint density at radius 1 is 1.30 bits per heavy atom. The standard InChI is InChI=1S/C26H36O4/c1-6-18(3)24-25(5,30-24)26(29)19(4)16-20-15-17(2)13-14-21(20)22(26)11-9-7-8-10-12-23(27)28/h7-13,16,18,20-22,24,29H,6,14-15H2,1-5H3,(H,27,28)/b8-7+,11-9+,12-10+/t18-,20+,21-,22+,24-,25+,26+/m1/s1. The summed E-state index contributed by atoms with van der Waals surface area (Å²) in [6, 6.07) is 0. The van der Waals surface area contributed by atoms with Crippen molar-refractivity contribution in [2.75, 3.05) is 0 Å². The molecule has 1 saturated heterocycles. The van der Waals surface area contributed by atoms with E-state index in [4.69, 9.17) is 9.84 Å². The zero-order valence-electron chi connectivity index (χ0n) is 18.8. The fraction of sp³-hybridized carbons (Fsp3) is 0.577. The van der Waals surface area contributed by atoms with Crippen molar-refractivity contribution in [3.8, 4) is 0 Å². The molecule has 0 unspecified atom stereocenters. The van der Waals surface area contributed by atoms with Gasteiger partial charge in [-0.2, -0.15) is 0 Å². The molecule has 7 atom stereocenters. The van der Waals surface area contributed by atoms with Crippen molar-refractivity contribution >= 4 is 5.97 Å². The minimum absolute atomic E-state index is 0.0539. The van der Waals surface area contributed by atoms with Crippen LogP contribution in [0.4, 0.5) is 0 Å². The van der Waals surface area contributed by atoms with Gasteiger partial charge in [-0.25, -0.2) is 4.79 Å². The monoisotopic (exact) mass is 412 g/mol. The lowest BCUT2D eigenvalue weighted by Crippen LogP contribution is -2.57. The van der Waals surface area contributed by atoms with Crippen LogP contribution in [0.3, 0.4) is 0 Å². The summed E-state index contributed by atoms with van der Waals surface area (Å²) in [7, 11) is 0. The average molecular weight is 413 g/mol. The molecule has 164 valence electrons. The fourth-order valence-electron chi connectivity index (χ4n) is 5.60. The van der Waals surface area contributed by atoms with Crippen molar-refractivity contribution in [3.05, 3.63) is 59.8 Å². The number of rotatable bonds is 7. The number of carboxylic acids is 1. The molecule has 0 aromatic heterocycles. The molecule has 4 nitrogen and oxygen atoms in total. The predicted octanol–water partition coefficient (Wildman–Crippen LogP) is 5.22. The molecular weight excluding hydrogens is 376 g/mol. The van der Waals surface area contributed by atoms with Gasteiger partial charge >= 0.3 is 5.97 Å². The smallest absolute Gasteiger partial charge is 0.328 e. The molecule has 0 aromatic rings. The number of aliphatic hydroxyl groups is 1. The van der Waals surface area contributed by atoms with Crippen LogP contribution in [0, 0.1) is 23.7 Å². The van der Waals surface area contributed by atoms with Gasteiger partial charge in [0.15, 0.2) is 0 Å². The molecular formula is C26H36O4. The Morgan fingerprint density at radius 3 is 2.67 bits per heavy atom. The molecule has 3 rings (SSSR count). The van der Waals surface area contributed by atoms with Crippen molar-refractivity contribution in [1.82, 2.24) is 0 Å². The second kappa shape index (κ2) is 8.68. The lowest BCUT2D eigenvalue weighted by atomic mass is 9.56. The summed E-state index contributed by atoms with van der Waals surface area (Å²) in [6.07, 6.45) is 17.8. The molecule has 3 aliphatic rings. The lowest BCUT2D eigenvalue weighted by Gasteiger charge is -2.50. The van der Waals surface area contributed by atoms with Crippen LogP contribution in [0.25, 0.3) is 0 Å². The Kier molecular flexibility index (Phi) is 6.59. The third-order valence-corrected chi connectivity index (χ3v) is 7.52. The number of carbonyl (C=O) groups is 1. The largest absolute Gasteiger partial charge is 0.478 e. The zero-order chi connectivity index (χ0) is 22.1. The predicted molar refractivity (Wildman–Crippen MR) is 120 cm³/mol. The highest BCUT2D eigenvalue weighted by molar-refractivity contribution is 5.80. The first-order chi connectivity index (χ1) is 14.1.